The summed E-state index contributed by atoms with van der Waals surface area (Å²) >= 11 is 0. The highest BCUT2D eigenvalue weighted by Crippen LogP contribution is 2.16. The van der Waals surface area contributed by atoms with Gasteiger partial charge in [0.25, 0.3) is 0 Å². The second-order valence-corrected chi connectivity index (χ2v) is 5.24. The third-order valence-corrected chi connectivity index (χ3v) is 2.68. The quantitative estimate of drug-likeness (QED) is 0.821. The highest BCUT2D eigenvalue weighted by Gasteiger charge is 2.26. The molecule has 0 aromatic carbocycles. The molecule has 1 heterocycles. The van der Waals surface area contributed by atoms with E-state index < -0.39 is 6.04 Å². The number of amides is 1. The molecule has 1 amide bonds. The molecule has 0 radical (unpaired) electrons. The first-order valence-electron chi connectivity index (χ1n) is 5.83. The van der Waals surface area contributed by atoms with Crippen LogP contribution in [0.15, 0.2) is 24.5 Å². The van der Waals surface area contributed by atoms with Crippen LogP contribution in [-0.4, -0.2) is 23.5 Å². The van der Waals surface area contributed by atoms with Crippen LogP contribution in [0.1, 0.15) is 26.3 Å². The molecule has 3 N–H and O–H groups in total. The van der Waals surface area contributed by atoms with Crippen LogP contribution in [0, 0.1) is 5.41 Å². The molecular formula is C13H21N3O. The van der Waals surface area contributed by atoms with E-state index in [2.05, 4.69) is 10.3 Å². The molecule has 17 heavy (non-hydrogen) atoms. The Balaban J connectivity index is 2.35. The third kappa shape index (κ3) is 4.53. The molecule has 0 spiro atoms. The van der Waals surface area contributed by atoms with Gasteiger partial charge in [0.05, 0.1) is 6.04 Å². The van der Waals surface area contributed by atoms with Gasteiger partial charge in [0.15, 0.2) is 0 Å². The Bertz CT molecular complexity index is 357. The molecule has 1 aromatic rings. The van der Waals surface area contributed by atoms with Crippen LogP contribution in [-0.2, 0) is 11.2 Å². The van der Waals surface area contributed by atoms with Crippen LogP contribution < -0.4 is 11.1 Å². The van der Waals surface area contributed by atoms with Gasteiger partial charge in [-0.15, -0.1) is 0 Å². The lowest BCUT2D eigenvalue weighted by Gasteiger charge is -2.25. The molecule has 94 valence electrons. The van der Waals surface area contributed by atoms with Crippen molar-refractivity contribution in [1.29, 1.82) is 0 Å². The number of hydrogen-bond donors (Lipinski definition) is 2. The van der Waals surface area contributed by atoms with Gasteiger partial charge < -0.3 is 11.1 Å². The number of carbonyl (C=O) groups is 1. The van der Waals surface area contributed by atoms with E-state index in [0.29, 0.717) is 6.54 Å². The minimum absolute atomic E-state index is 0.0912. The summed E-state index contributed by atoms with van der Waals surface area (Å²) in [6.45, 7) is 6.48. The lowest BCUT2D eigenvalue weighted by Crippen LogP contribution is -2.48. The van der Waals surface area contributed by atoms with Crippen molar-refractivity contribution in [1.82, 2.24) is 10.3 Å². The fourth-order valence-electron chi connectivity index (χ4n) is 1.38. The smallest absolute Gasteiger partial charge is 0.237 e. The predicted molar refractivity (Wildman–Crippen MR) is 68.4 cm³/mol. The predicted octanol–water partition coefficient (Wildman–Crippen LogP) is 1.11. The van der Waals surface area contributed by atoms with Crippen molar-refractivity contribution in [2.45, 2.75) is 33.2 Å². The van der Waals surface area contributed by atoms with Gasteiger partial charge in [0.1, 0.15) is 0 Å². The van der Waals surface area contributed by atoms with E-state index in [4.69, 9.17) is 5.73 Å². The van der Waals surface area contributed by atoms with Crippen molar-refractivity contribution in [3.05, 3.63) is 30.1 Å². The van der Waals surface area contributed by atoms with Gasteiger partial charge in [-0.3, -0.25) is 9.78 Å². The molecule has 4 nitrogen and oxygen atoms in total. The second-order valence-electron chi connectivity index (χ2n) is 5.24. The van der Waals surface area contributed by atoms with E-state index in [1.54, 1.807) is 12.4 Å². The first kappa shape index (κ1) is 13.6. The lowest BCUT2D eigenvalue weighted by atomic mass is 9.87. The zero-order valence-corrected chi connectivity index (χ0v) is 10.7. The minimum Gasteiger partial charge on any atom is -0.354 e. The standard InChI is InChI=1S/C13H21N3O/c1-13(2,3)11(14)12(17)16-9-6-10-4-7-15-8-5-10/h4-5,7-8,11H,6,9,14H2,1-3H3,(H,16,17). The molecule has 0 saturated heterocycles. The summed E-state index contributed by atoms with van der Waals surface area (Å²) in [5.41, 5.74) is 6.80. The van der Waals surface area contributed by atoms with Gasteiger partial charge in [-0.2, -0.15) is 0 Å². The van der Waals surface area contributed by atoms with Crippen LogP contribution in [0.4, 0.5) is 0 Å². The first-order valence-corrected chi connectivity index (χ1v) is 5.83. The molecule has 0 bridgehead atoms. The van der Waals surface area contributed by atoms with Crippen molar-refractivity contribution in [2.24, 2.45) is 11.1 Å². The monoisotopic (exact) mass is 235 g/mol. The fourth-order valence-corrected chi connectivity index (χ4v) is 1.38. The van der Waals surface area contributed by atoms with E-state index in [1.807, 2.05) is 32.9 Å². The van der Waals surface area contributed by atoms with E-state index in [9.17, 15) is 4.79 Å². The van der Waals surface area contributed by atoms with Crippen LogP contribution in [0.3, 0.4) is 0 Å². The highest BCUT2D eigenvalue weighted by molar-refractivity contribution is 5.82. The molecular weight excluding hydrogens is 214 g/mol. The summed E-state index contributed by atoms with van der Waals surface area (Å²) < 4.78 is 0. The fraction of sp³-hybridized carbons (Fsp3) is 0.538. The van der Waals surface area contributed by atoms with Crippen LogP contribution in [0.2, 0.25) is 0 Å². The number of carbonyl (C=O) groups excluding carboxylic acids is 1. The SMILES string of the molecule is CC(C)(C)C(N)C(=O)NCCc1ccncc1. The average Bonchev–Trinajstić information content (AvgIpc) is 2.28. The number of pyridine rings is 1. The van der Waals surface area contributed by atoms with Crippen molar-refractivity contribution in [3.8, 4) is 0 Å². The lowest BCUT2D eigenvalue weighted by molar-refractivity contribution is -0.124. The van der Waals surface area contributed by atoms with E-state index >= 15 is 0 Å². The number of nitrogens with one attached hydrogen (secondary N) is 1. The zero-order chi connectivity index (χ0) is 12.9. The average molecular weight is 235 g/mol. The third-order valence-electron chi connectivity index (χ3n) is 2.68. The Morgan fingerprint density at radius 2 is 2.00 bits per heavy atom. The number of aromatic nitrogens is 1. The number of nitrogens with two attached hydrogens (primary N) is 1. The normalized spacial score (nSPS) is 13.2. The first-order chi connectivity index (χ1) is 7.91. The van der Waals surface area contributed by atoms with Crippen LogP contribution in [0.5, 0.6) is 0 Å². The van der Waals surface area contributed by atoms with Gasteiger partial charge in [0, 0.05) is 18.9 Å². The molecule has 1 atom stereocenters. The van der Waals surface area contributed by atoms with Gasteiger partial charge in [-0.1, -0.05) is 20.8 Å². The Morgan fingerprint density at radius 3 is 2.53 bits per heavy atom. The van der Waals surface area contributed by atoms with E-state index in [1.165, 1.54) is 0 Å². The molecule has 1 unspecified atom stereocenters. The van der Waals surface area contributed by atoms with Gasteiger partial charge in [-0.25, -0.2) is 0 Å². The van der Waals surface area contributed by atoms with E-state index in [-0.39, 0.29) is 11.3 Å². The number of rotatable bonds is 4. The second kappa shape index (κ2) is 5.77. The Kier molecular flexibility index (Phi) is 4.63. The maximum atomic E-state index is 11.7. The molecule has 0 saturated carbocycles. The maximum Gasteiger partial charge on any atom is 0.237 e. The summed E-state index contributed by atoms with van der Waals surface area (Å²) in [5.74, 6) is -0.0912. The summed E-state index contributed by atoms with van der Waals surface area (Å²) in [4.78, 5) is 15.7. The van der Waals surface area contributed by atoms with Crippen LogP contribution in [0.25, 0.3) is 0 Å². The molecule has 4 heteroatoms. The summed E-state index contributed by atoms with van der Waals surface area (Å²) in [5, 5.41) is 2.85. The maximum absolute atomic E-state index is 11.7. The molecule has 0 aliphatic carbocycles. The van der Waals surface area contributed by atoms with Crippen molar-refractivity contribution in [3.63, 3.8) is 0 Å². The highest BCUT2D eigenvalue weighted by atomic mass is 16.2. The molecule has 0 aliphatic heterocycles. The Labute approximate surface area is 103 Å². The van der Waals surface area contributed by atoms with Crippen LogP contribution >= 0.6 is 0 Å². The van der Waals surface area contributed by atoms with Crippen molar-refractivity contribution >= 4 is 5.91 Å². The largest absolute Gasteiger partial charge is 0.354 e. The molecule has 1 rings (SSSR count). The number of hydrogen-bond acceptors (Lipinski definition) is 3. The Morgan fingerprint density at radius 1 is 1.41 bits per heavy atom. The molecule has 0 aliphatic rings. The van der Waals surface area contributed by atoms with Gasteiger partial charge in [-0.05, 0) is 29.5 Å². The summed E-state index contributed by atoms with van der Waals surface area (Å²) in [7, 11) is 0. The minimum atomic E-state index is -0.472. The zero-order valence-electron chi connectivity index (χ0n) is 10.7. The molecule has 1 aromatic heterocycles. The van der Waals surface area contributed by atoms with Crippen molar-refractivity contribution < 1.29 is 4.79 Å². The van der Waals surface area contributed by atoms with Gasteiger partial charge >= 0.3 is 0 Å². The number of nitrogens with zero attached hydrogens (tertiary/aromatic N) is 1. The van der Waals surface area contributed by atoms with E-state index in [0.717, 1.165) is 12.0 Å². The molecule has 0 fully saturated rings. The van der Waals surface area contributed by atoms with Gasteiger partial charge in [0.2, 0.25) is 5.91 Å². The Hall–Kier alpha value is -1.42. The summed E-state index contributed by atoms with van der Waals surface area (Å²) in [6.07, 6.45) is 4.29. The summed E-state index contributed by atoms with van der Waals surface area (Å²) in [6, 6.07) is 3.41. The van der Waals surface area contributed by atoms with Crippen molar-refractivity contribution in [2.75, 3.05) is 6.54 Å². The topological polar surface area (TPSA) is 68.0 Å².